The molecule has 1 aliphatic rings. The van der Waals surface area contributed by atoms with Crippen LogP contribution in [0.4, 0.5) is 0 Å². The number of nitrogens with zero attached hydrogens (tertiary/aromatic N) is 1. The van der Waals surface area contributed by atoms with Crippen molar-refractivity contribution in [2.75, 3.05) is 33.9 Å². The van der Waals surface area contributed by atoms with E-state index >= 15 is 0 Å². The van der Waals surface area contributed by atoms with Crippen LogP contribution in [0.15, 0.2) is 18.2 Å². The first kappa shape index (κ1) is 15.5. The number of aryl methyl sites for hydroxylation is 1. The summed E-state index contributed by atoms with van der Waals surface area (Å²) in [5.74, 6) is 0.115. The Morgan fingerprint density at radius 2 is 2.00 bits per heavy atom. The minimum absolute atomic E-state index is 0.0485. The van der Waals surface area contributed by atoms with E-state index in [2.05, 4.69) is 5.32 Å². The SMILES string of the molecule is CNC(CN1C(=O)COCC1=O)c1cc(C)ccc1OC. The third-order valence-corrected chi connectivity index (χ3v) is 3.53. The van der Waals surface area contributed by atoms with Crippen molar-refractivity contribution in [2.24, 2.45) is 0 Å². The Morgan fingerprint density at radius 1 is 1.33 bits per heavy atom. The molecule has 6 heteroatoms. The van der Waals surface area contributed by atoms with Crippen LogP contribution in [0.5, 0.6) is 5.75 Å². The van der Waals surface area contributed by atoms with Crippen molar-refractivity contribution in [2.45, 2.75) is 13.0 Å². The normalized spacial score (nSPS) is 17.0. The maximum absolute atomic E-state index is 11.8. The van der Waals surface area contributed by atoms with Gasteiger partial charge in [0.05, 0.1) is 13.2 Å². The van der Waals surface area contributed by atoms with Gasteiger partial charge in [0.1, 0.15) is 19.0 Å². The van der Waals surface area contributed by atoms with E-state index < -0.39 is 0 Å². The molecule has 1 atom stereocenters. The van der Waals surface area contributed by atoms with Gasteiger partial charge >= 0.3 is 0 Å². The Balaban J connectivity index is 2.25. The average molecular weight is 292 g/mol. The Kier molecular flexibility index (Phi) is 4.93. The first-order valence-corrected chi connectivity index (χ1v) is 6.79. The highest BCUT2D eigenvalue weighted by molar-refractivity contribution is 5.98. The van der Waals surface area contributed by atoms with E-state index in [4.69, 9.17) is 9.47 Å². The number of rotatable bonds is 5. The van der Waals surface area contributed by atoms with Gasteiger partial charge in [-0.25, -0.2) is 0 Å². The molecule has 1 N–H and O–H groups in total. The quantitative estimate of drug-likeness (QED) is 0.807. The highest BCUT2D eigenvalue weighted by atomic mass is 16.5. The highest BCUT2D eigenvalue weighted by Gasteiger charge is 2.29. The van der Waals surface area contributed by atoms with Crippen LogP contribution in [0, 0.1) is 6.92 Å². The van der Waals surface area contributed by atoms with Gasteiger partial charge in [0.15, 0.2) is 0 Å². The van der Waals surface area contributed by atoms with Gasteiger partial charge in [0.2, 0.25) is 0 Å². The number of hydrogen-bond acceptors (Lipinski definition) is 5. The zero-order chi connectivity index (χ0) is 15.4. The minimum atomic E-state index is -0.307. The lowest BCUT2D eigenvalue weighted by molar-refractivity contribution is -0.158. The van der Waals surface area contributed by atoms with Gasteiger partial charge in [0, 0.05) is 12.1 Å². The summed E-state index contributed by atoms with van der Waals surface area (Å²) in [5, 5.41) is 3.14. The van der Waals surface area contributed by atoms with Crippen LogP contribution >= 0.6 is 0 Å². The second-order valence-corrected chi connectivity index (χ2v) is 4.98. The number of morpholine rings is 1. The summed E-state index contributed by atoms with van der Waals surface area (Å²) >= 11 is 0. The van der Waals surface area contributed by atoms with E-state index in [-0.39, 0.29) is 37.6 Å². The van der Waals surface area contributed by atoms with Gasteiger partial charge < -0.3 is 14.8 Å². The average Bonchev–Trinajstić information content (AvgIpc) is 2.47. The van der Waals surface area contributed by atoms with Crippen LogP contribution in [0.3, 0.4) is 0 Å². The standard InChI is InChI=1S/C15H20N2O4/c1-10-4-5-13(20-3)11(6-10)12(16-2)7-17-14(18)8-21-9-15(17)19/h4-6,12,16H,7-9H2,1-3H3. The van der Waals surface area contributed by atoms with Crippen molar-refractivity contribution in [1.82, 2.24) is 10.2 Å². The molecule has 1 aromatic rings. The van der Waals surface area contributed by atoms with E-state index in [0.29, 0.717) is 0 Å². The molecule has 1 saturated heterocycles. The summed E-state index contributed by atoms with van der Waals surface area (Å²) in [4.78, 5) is 24.9. The van der Waals surface area contributed by atoms with E-state index in [1.807, 2.05) is 25.1 Å². The number of methoxy groups -OCH3 is 1. The Labute approximate surface area is 124 Å². The van der Waals surface area contributed by atoms with Crippen molar-refractivity contribution in [3.8, 4) is 5.75 Å². The minimum Gasteiger partial charge on any atom is -0.496 e. The first-order valence-electron chi connectivity index (χ1n) is 6.79. The molecule has 2 rings (SSSR count). The molecular weight excluding hydrogens is 272 g/mol. The summed E-state index contributed by atoms with van der Waals surface area (Å²) in [5.41, 5.74) is 2.01. The van der Waals surface area contributed by atoms with Crippen molar-refractivity contribution < 1.29 is 19.1 Å². The van der Waals surface area contributed by atoms with Crippen LogP contribution < -0.4 is 10.1 Å². The monoisotopic (exact) mass is 292 g/mol. The zero-order valence-corrected chi connectivity index (χ0v) is 12.5. The van der Waals surface area contributed by atoms with E-state index in [1.54, 1.807) is 14.2 Å². The summed E-state index contributed by atoms with van der Waals surface area (Å²) in [6, 6.07) is 5.65. The fourth-order valence-electron chi connectivity index (χ4n) is 2.38. The number of carbonyl (C=O) groups is 2. The number of benzene rings is 1. The van der Waals surface area contributed by atoms with E-state index in [0.717, 1.165) is 16.9 Å². The summed E-state index contributed by atoms with van der Waals surface area (Å²) < 4.78 is 10.3. The molecule has 1 fully saturated rings. The number of imide groups is 1. The lowest BCUT2D eigenvalue weighted by atomic mass is 10.0. The number of nitrogens with one attached hydrogen (secondary N) is 1. The predicted molar refractivity (Wildman–Crippen MR) is 77.1 cm³/mol. The third kappa shape index (κ3) is 3.40. The molecular formula is C15H20N2O4. The molecule has 1 heterocycles. The van der Waals surface area contributed by atoms with Crippen molar-refractivity contribution in [3.05, 3.63) is 29.3 Å². The Morgan fingerprint density at radius 3 is 2.57 bits per heavy atom. The number of carbonyl (C=O) groups excluding carboxylic acids is 2. The van der Waals surface area contributed by atoms with Crippen molar-refractivity contribution in [3.63, 3.8) is 0 Å². The van der Waals surface area contributed by atoms with Crippen LogP contribution in [0.1, 0.15) is 17.2 Å². The topological polar surface area (TPSA) is 67.9 Å². The van der Waals surface area contributed by atoms with E-state index in [9.17, 15) is 9.59 Å². The van der Waals surface area contributed by atoms with Gasteiger partial charge in [-0.15, -0.1) is 0 Å². The predicted octanol–water partition coefficient (Wildman–Crippen LogP) is 0.650. The maximum atomic E-state index is 11.8. The fraction of sp³-hybridized carbons (Fsp3) is 0.467. The number of amides is 2. The molecule has 0 saturated carbocycles. The molecule has 0 bridgehead atoms. The van der Waals surface area contributed by atoms with E-state index in [1.165, 1.54) is 4.90 Å². The molecule has 2 amide bonds. The van der Waals surface area contributed by atoms with Gasteiger partial charge in [-0.1, -0.05) is 17.7 Å². The number of ether oxygens (including phenoxy) is 2. The molecule has 0 aliphatic carbocycles. The fourth-order valence-corrected chi connectivity index (χ4v) is 2.38. The molecule has 114 valence electrons. The third-order valence-electron chi connectivity index (χ3n) is 3.53. The summed E-state index contributed by atoms with van der Waals surface area (Å²) in [6.07, 6.45) is 0. The molecule has 1 unspecified atom stereocenters. The molecule has 0 spiro atoms. The highest BCUT2D eigenvalue weighted by Crippen LogP contribution is 2.27. The summed E-state index contributed by atoms with van der Waals surface area (Å²) in [6.45, 7) is 2.15. The second kappa shape index (κ2) is 6.69. The van der Waals surface area contributed by atoms with Gasteiger partial charge in [0.25, 0.3) is 11.8 Å². The molecule has 1 aromatic carbocycles. The largest absolute Gasteiger partial charge is 0.496 e. The van der Waals surface area contributed by atoms with Gasteiger partial charge in [-0.3, -0.25) is 14.5 Å². The molecule has 0 aromatic heterocycles. The molecule has 21 heavy (non-hydrogen) atoms. The summed E-state index contributed by atoms with van der Waals surface area (Å²) in [7, 11) is 3.40. The molecule has 1 aliphatic heterocycles. The first-order chi connectivity index (χ1) is 10.1. The van der Waals surface area contributed by atoms with Crippen LogP contribution in [0.2, 0.25) is 0 Å². The second-order valence-electron chi connectivity index (χ2n) is 4.98. The van der Waals surface area contributed by atoms with Crippen LogP contribution in [-0.2, 0) is 14.3 Å². The van der Waals surface area contributed by atoms with Gasteiger partial charge in [-0.2, -0.15) is 0 Å². The zero-order valence-electron chi connectivity index (χ0n) is 12.5. The lowest BCUT2D eigenvalue weighted by Gasteiger charge is -2.29. The van der Waals surface area contributed by atoms with Crippen molar-refractivity contribution >= 4 is 11.8 Å². The molecule has 6 nitrogen and oxygen atoms in total. The van der Waals surface area contributed by atoms with Gasteiger partial charge in [-0.05, 0) is 20.0 Å². The maximum Gasteiger partial charge on any atom is 0.255 e. The van der Waals surface area contributed by atoms with Crippen LogP contribution in [-0.4, -0.2) is 50.6 Å². The Bertz CT molecular complexity index is 528. The van der Waals surface area contributed by atoms with Crippen molar-refractivity contribution in [1.29, 1.82) is 0 Å². The number of likely N-dealkylation sites (N-methyl/N-ethyl adjacent to an activating group) is 1. The molecule has 0 radical (unpaired) electrons. The lowest BCUT2D eigenvalue weighted by Crippen LogP contribution is -2.49. The van der Waals surface area contributed by atoms with Crippen LogP contribution in [0.25, 0.3) is 0 Å². The smallest absolute Gasteiger partial charge is 0.255 e. The Hall–Kier alpha value is -1.92. The number of hydrogen-bond donors (Lipinski definition) is 1.